The molecule has 0 spiro atoms. The number of para-hydroxylation sites is 1. The second-order valence-corrected chi connectivity index (χ2v) is 7.53. The zero-order chi connectivity index (χ0) is 23.7. The number of nitrogens with one attached hydrogen (secondary N) is 1. The van der Waals surface area contributed by atoms with Crippen molar-refractivity contribution >= 4 is 28.3 Å². The largest absolute Gasteiger partial charge is 0.366 e. The number of rotatable bonds is 5. The van der Waals surface area contributed by atoms with Crippen molar-refractivity contribution in [3.05, 3.63) is 102 Å². The molecular weight excluding hydrogens is 436 g/mol. The Morgan fingerprint density at radius 1 is 0.882 bits per heavy atom. The van der Waals surface area contributed by atoms with Crippen LogP contribution in [0.5, 0.6) is 0 Å². The number of carbonyl (C=O) groups excluding carboxylic acids is 1. The first-order chi connectivity index (χ1) is 16.5. The van der Waals surface area contributed by atoms with Crippen molar-refractivity contribution in [2.24, 2.45) is 5.73 Å². The summed E-state index contributed by atoms with van der Waals surface area (Å²) in [6.07, 6.45) is 3.27. The summed E-state index contributed by atoms with van der Waals surface area (Å²) in [5.74, 6) is -1.08. The molecule has 3 N–H and O–H groups in total. The number of aromatic nitrogens is 3. The SMILES string of the molecule is NC(=O)c1ccccc1Nc1nc(-c2cccnc2)nc2cc(-c3ccc(F)cc3F)ccc12. The van der Waals surface area contributed by atoms with E-state index in [4.69, 9.17) is 5.73 Å². The number of nitrogens with two attached hydrogens (primary N) is 1. The molecule has 2 aromatic heterocycles. The highest BCUT2D eigenvalue weighted by atomic mass is 19.1. The highest BCUT2D eigenvalue weighted by molar-refractivity contribution is 6.01. The maximum absolute atomic E-state index is 14.4. The zero-order valence-electron chi connectivity index (χ0n) is 17.7. The van der Waals surface area contributed by atoms with Crippen molar-refractivity contribution in [3.63, 3.8) is 0 Å². The Morgan fingerprint density at radius 2 is 1.74 bits per heavy atom. The minimum atomic E-state index is -0.672. The maximum Gasteiger partial charge on any atom is 0.250 e. The molecule has 0 bridgehead atoms. The van der Waals surface area contributed by atoms with E-state index < -0.39 is 17.5 Å². The molecule has 3 aromatic carbocycles. The van der Waals surface area contributed by atoms with Crippen LogP contribution >= 0.6 is 0 Å². The van der Waals surface area contributed by atoms with Gasteiger partial charge in [0.15, 0.2) is 5.82 Å². The molecule has 34 heavy (non-hydrogen) atoms. The molecule has 5 rings (SSSR count). The van der Waals surface area contributed by atoms with Crippen LogP contribution in [0.2, 0.25) is 0 Å². The number of amides is 1. The van der Waals surface area contributed by atoms with E-state index >= 15 is 0 Å². The number of halogens is 2. The van der Waals surface area contributed by atoms with E-state index in [9.17, 15) is 13.6 Å². The van der Waals surface area contributed by atoms with Gasteiger partial charge in [0, 0.05) is 35.0 Å². The molecule has 0 unspecified atom stereocenters. The Hall–Kier alpha value is -4.72. The van der Waals surface area contributed by atoms with Gasteiger partial charge < -0.3 is 11.1 Å². The monoisotopic (exact) mass is 453 g/mol. The first kappa shape index (κ1) is 21.1. The van der Waals surface area contributed by atoms with Gasteiger partial charge in [-0.15, -0.1) is 0 Å². The van der Waals surface area contributed by atoms with Crippen LogP contribution < -0.4 is 11.1 Å². The second-order valence-electron chi connectivity index (χ2n) is 7.53. The number of hydrogen-bond acceptors (Lipinski definition) is 5. The number of hydrogen-bond donors (Lipinski definition) is 2. The van der Waals surface area contributed by atoms with Crippen molar-refractivity contribution in [1.29, 1.82) is 0 Å². The fourth-order valence-corrected chi connectivity index (χ4v) is 3.67. The summed E-state index contributed by atoms with van der Waals surface area (Å²) in [5, 5.41) is 3.83. The van der Waals surface area contributed by atoms with E-state index in [1.807, 2.05) is 6.07 Å². The van der Waals surface area contributed by atoms with Crippen molar-refractivity contribution in [2.75, 3.05) is 5.32 Å². The molecule has 0 aliphatic heterocycles. The predicted molar refractivity (Wildman–Crippen MR) is 126 cm³/mol. The second kappa shape index (κ2) is 8.67. The Labute approximate surface area is 193 Å². The number of anilines is 2. The summed E-state index contributed by atoms with van der Waals surface area (Å²) in [4.78, 5) is 25.4. The van der Waals surface area contributed by atoms with Crippen molar-refractivity contribution in [1.82, 2.24) is 15.0 Å². The van der Waals surface area contributed by atoms with E-state index in [0.29, 0.717) is 44.9 Å². The lowest BCUT2D eigenvalue weighted by molar-refractivity contribution is 0.100. The Morgan fingerprint density at radius 3 is 2.50 bits per heavy atom. The fourth-order valence-electron chi connectivity index (χ4n) is 3.67. The summed E-state index contributed by atoms with van der Waals surface area (Å²) in [7, 11) is 0. The van der Waals surface area contributed by atoms with Crippen LogP contribution in [0.3, 0.4) is 0 Å². The first-order valence-corrected chi connectivity index (χ1v) is 10.3. The van der Waals surface area contributed by atoms with Gasteiger partial charge in [0.05, 0.1) is 16.8 Å². The lowest BCUT2D eigenvalue weighted by atomic mass is 10.0. The Balaban J connectivity index is 1.70. The Bertz CT molecular complexity index is 1540. The van der Waals surface area contributed by atoms with Crippen LogP contribution in [0, 0.1) is 11.6 Å². The van der Waals surface area contributed by atoms with E-state index in [1.165, 1.54) is 12.1 Å². The molecule has 6 nitrogen and oxygen atoms in total. The maximum atomic E-state index is 14.4. The van der Waals surface area contributed by atoms with Crippen LogP contribution in [0.4, 0.5) is 20.3 Å². The number of pyridine rings is 1. The highest BCUT2D eigenvalue weighted by Crippen LogP contribution is 2.32. The lowest BCUT2D eigenvalue weighted by Gasteiger charge is -2.14. The first-order valence-electron chi connectivity index (χ1n) is 10.3. The van der Waals surface area contributed by atoms with Crippen LogP contribution in [0.1, 0.15) is 10.4 Å². The molecule has 0 radical (unpaired) electrons. The molecule has 0 aliphatic carbocycles. The smallest absolute Gasteiger partial charge is 0.250 e. The van der Waals surface area contributed by atoms with Gasteiger partial charge in [-0.05, 0) is 54.1 Å². The Kier molecular flexibility index (Phi) is 5.39. The molecule has 0 aliphatic rings. The predicted octanol–water partition coefficient (Wildman–Crippen LogP) is 5.48. The van der Waals surface area contributed by atoms with Crippen molar-refractivity contribution in [2.45, 2.75) is 0 Å². The number of carbonyl (C=O) groups is 1. The van der Waals surface area contributed by atoms with Gasteiger partial charge in [0.25, 0.3) is 5.91 Å². The van der Waals surface area contributed by atoms with Crippen LogP contribution in [0.25, 0.3) is 33.4 Å². The third-order valence-electron chi connectivity index (χ3n) is 5.30. The van der Waals surface area contributed by atoms with E-state index in [-0.39, 0.29) is 5.56 Å². The zero-order valence-corrected chi connectivity index (χ0v) is 17.7. The quantitative estimate of drug-likeness (QED) is 0.368. The van der Waals surface area contributed by atoms with Crippen molar-refractivity contribution < 1.29 is 13.6 Å². The molecule has 166 valence electrons. The van der Waals surface area contributed by atoms with E-state index in [2.05, 4.69) is 20.3 Å². The molecule has 0 atom stereocenters. The molecule has 0 fully saturated rings. The normalized spacial score (nSPS) is 10.9. The standard InChI is InChI=1S/C26H17F2N5O/c27-17-8-10-18(21(28)13-17)15-7-9-20-23(12-15)32-25(16-4-3-11-30-14-16)33-26(20)31-22-6-2-1-5-19(22)24(29)34/h1-14H,(H2,29,34)(H,31,32,33). The molecule has 2 heterocycles. The highest BCUT2D eigenvalue weighted by Gasteiger charge is 2.15. The van der Waals surface area contributed by atoms with Crippen LogP contribution in [-0.2, 0) is 0 Å². The van der Waals surface area contributed by atoms with Gasteiger partial charge in [0.2, 0.25) is 0 Å². The summed E-state index contributed by atoms with van der Waals surface area (Å²) in [5.41, 5.74) is 8.30. The molecule has 0 saturated heterocycles. The van der Waals surface area contributed by atoms with Gasteiger partial charge in [-0.3, -0.25) is 9.78 Å². The molecule has 1 amide bonds. The van der Waals surface area contributed by atoms with Crippen LogP contribution in [0.15, 0.2) is 85.2 Å². The molecule has 8 heteroatoms. The molecule has 5 aromatic rings. The number of primary amides is 1. The molecule has 0 saturated carbocycles. The summed E-state index contributed by atoms with van der Waals surface area (Å²) in [6.45, 7) is 0. The minimum Gasteiger partial charge on any atom is -0.366 e. The summed E-state index contributed by atoms with van der Waals surface area (Å²) >= 11 is 0. The molecular formula is C26H17F2N5O. The fraction of sp³-hybridized carbons (Fsp3) is 0. The third-order valence-corrected chi connectivity index (χ3v) is 5.30. The van der Waals surface area contributed by atoms with E-state index in [1.54, 1.807) is 60.9 Å². The topological polar surface area (TPSA) is 93.8 Å². The van der Waals surface area contributed by atoms with Gasteiger partial charge in [0.1, 0.15) is 17.5 Å². The van der Waals surface area contributed by atoms with Gasteiger partial charge >= 0.3 is 0 Å². The minimum absolute atomic E-state index is 0.249. The van der Waals surface area contributed by atoms with Gasteiger partial charge in [-0.25, -0.2) is 18.7 Å². The number of benzene rings is 3. The van der Waals surface area contributed by atoms with Gasteiger partial charge in [-0.1, -0.05) is 18.2 Å². The van der Waals surface area contributed by atoms with E-state index in [0.717, 1.165) is 6.07 Å². The van der Waals surface area contributed by atoms with Crippen LogP contribution in [-0.4, -0.2) is 20.9 Å². The summed E-state index contributed by atoms with van der Waals surface area (Å²) < 4.78 is 27.8. The average Bonchev–Trinajstić information content (AvgIpc) is 2.84. The number of fused-ring (bicyclic) bond motifs is 1. The third kappa shape index (κ3) is 4.04. The lowest BCUT2D eigenvalue weighted by Crippen LogP contribution is -2.13. The summed E-state index contributed by atoms with van der Waals surface area (Å²) in [6, 6.07) is 19.0. The average molecular weight is 453 g/mol. The van der Waals surface area contributed by atoms with Crippen molar-refractivity contribution in [3.8, 4) is 22.5 Å². The van der Waals surface area contributed by atoms with Gasteiger partial charge in [-0.2, -0.15) is 0 Å². The number of nitrogens with zero attached hydrogens (tertiary/aromatic N) is 3.